The van der Waals surface area contributed by atoms with E-state index in [0.717, 1.165) is 12.8 Å². The first-order valence-corrected chi connectivity index (χ1v) is 8.74. The Labute approximate surface area is 123 Å². The largest absolute Gasteiger partial charge is 0.492 e. The second-order valence-corrected chi connectivity index (χ2v) is 6.82. The fraction of sp³-hybridized carbons (Fsp3) is 0.538. The summed E-state index contributed by atoms with van der Waals surface area (Å²) in [6.45, 7) is 2.82. The van der Waals surface area contributed by atoms with Crippen LogP contribution in [0.2, 0.25) is 0 Å². The molecule has 0 amide bonds. The molecule has 0 aromatic heterocycles. The van der Waals surface area contributed by atoms with Crippen LogP contribution in [0.3, 0.4) is 0 Å². The van der Waals surface area contributed by atoms with Crippen LogP contribution in [0.15, 0.2) is 27.6 Å². The van der Waals surface area contributed by atoms with Gasteiger partial charge in [0, 0.05) is 0 Å². The van der Waals surface area contributed by atoms with Gasteiger partial charge in [0.1, 0.15) is 5.75 Å². The number of nitrogens with two attached hydrogens (primary N) is 1. The molecule has 19 heavy (non-hydrogen) atoms. The summed E-state index contributed by atoms with van der Waals surface area (Å²) in [7, 11) is -3.66. The molecule has 0 saturated heterocycles. The first-order valence-electron chi connectivity index (χ1n) is 6.40. The van der Waals surface area contributed by atoms with Gasteiger partial charge in [-0.3, -0.25) is 0 Å². The third-order valence-corrected chi connectivity index (χ3v) is 4.27. The lowest BCUT2D eigenvalue weighted by atomic mass is 10.2. The maximum Gasteiger partial charge on any atom is 0.238 e. The number of unbranched alkanes of at least 4 members (excludes halogenated alkanes) is 4. The van der Waals surface area contributed by atoms with Crippen molar-refractivity contribution in [1.29, 1.82) is 0 Å². The van der Waals surface area contributed by atoms with Crippen molar-refractivity contribution in [1.82, 2.24) is 0 Å². The Morgan fingerprint density at radius 1 is 1.21 bits per heavy atom. The molecule has 0 bridgehead atoms. The first-order chi connectivity index (χ1) is 8.95. The predicted octanol–water partition coefficient (Wildman–Crippen LogP) is 3.45. The van der Waals surface area contributed by atoms with Gasteiger partial charge in [-0.15, -0.1) is 0 Å². The summed E-state index contributed by atoms with van der Waals surface area (Å²) in [6, 6.07) is 4.53. The zero-order chi connectivity index (χ0) is 14.3. The van der Waals surface area contributed by atoms with Crippen molar-refractivity contribution >= 4 is 26.0 Å². The molecule has 2 N–H and O–H groups in total. The second kappa shape index (κ2) is 7.87. The number of ether oxygens (including phenoxy) is 1. The predicted molar refractivity (Wildman–Crippen MR) is 79.8 cm³/mol. The van der Waals surface area contributed by atoms with Crippen LogP contribution in [0.4, 0.5) is 0 Å². The van der Waals surface area contributed by atoms with Gasteiger partial charge in [0.2, 0.25) is 10.0 Å². The van der Waals surface area contributed by atoms with E-state index in [1.807, 2.05) is 0 Å². The van der Waals surface area contributed by atoms with Crippen molar-refractivity contribution < 1.29 is 13.2 Å². The molecule has 0 aliphatic carbocycles. The van der Waals surface area contributed by atoms with E-state index in [2.05, 4.69) is 22.9 Å². The number of benzene rings is 1. The smallest absolute Gasteiger partial charge is 0.238 e. The molecule has 0 aliphatic rings. The quantitative estimate of drug-likeness (QED) is 0.730. The van der Waals surface area contributed by atoms with Gasteiger partial charge in [0.05, 0.1) is 16.0 Å². The van der Waals surface area contributed by atoms with Crippen molar-refractivity contribution in [2.45, 2.75) is 43.9 Å². The molecule has 0 heterocycles. The molecule has 4 nitrogen and oxygen atoms in total. The van der Waals surface area contributed by atoms with Crippen LogP contribution in [0.5, 0.6) is 5.75 Å². The highest BCUT2D eigenvalue weighted by Crippen LogP contribution is 2.27. The first kappa shape index (κ1) is 16.5. The third-order valence-electron chi connectivity index (χ3n) is 2.74. The molecular formula is C13H20BrNO3S. The molecular weight excluding hydrogens is 330 g/mol. The van der Waals surface area contributed by atoms with Crippen LogP contribution >= 0.6 is 15.9 Å². The van der Waals surface area contributed by atoms with Crippen LogP contribution in [0, 0.1) is 0 Å². The monoisotopic (exact) mass is 349 g/mol. The van der Waals surface area contributed by atoms with Crippen molar-refractivity contribution in [2.75, 3.05) is 6.61 Å². The number of hydrogen-bond donors (Lipinski definition) is 1. The van der Waals surface area contributed by atoms with E-state index in [1.165, 1.54) is 31.4 Å². The lowest BCUT2D eigenvalue weighted by Crippen LogP contribution is -2.12. The maximum atomic E-state index is 11.2. The average Bonchev–Trinajstić information content (AvgIpc) is 2.34. The van der Waals surface area contributed by atoms with Gasteiger partial charge in [-0.05, 0) is 40.5 Å². The Kier molecular flexibility index (Phi) is 6.82. The molecule has 0 atom stereocenters. The highest BCUT2D eigenvalue weighted by Gasteiger charge is 2.10. The number of halogens is 1. The molecule has 0 saturated carbocycles. The minimum atomic E-state index is -3.66. The third kappa shape index (κ3) is 5.93. The maximum absolute atomic E-state index is 11.2. The zero-order valence-electron chi connectivity index (χ0n) is 11.1. The fourth-order valence-electron chi connectivity index (χ4n) is 1.66. The van der Waals surface area contributed by atoms with Gasteiger partial charge in [-0.2, -0.15) is 0 Å². The highest BCUT2D eigenvalue weighted by atomic mass is 79.9. The molecule has 108 valence electrons. The summed E-state index contributed by atoms with van der Waals surface area (Å²) < 4.78 is 28.6. The summed E-state index contributed by atoms with van der Waals surface area (Å²) in [6.07, 6.45) is 5.86. The Hall–Kier alpha value is -0.590. The minimum Gasteiger partial charge on any atom is -0.492 e. The molecule has 1 rings (SSSR count). The average molecular weight is 350 g/mol. The topological polar surface area (TPSA) is 69.4 Å². The SMILES string of the molecule is CCCCCCCOc1ccc(S(N)(=O)=O)cc1Br. The van der Waals surface area contributed by atoms with E-state index in [1.54, 1.807) is 6.07 Å². The molecule has 0 radical (unpaired) electrons. The molecule has 6 heteroatoms. The molecule has 0 fully saturated rings. The lowest BCUT2D eigenvalue weighted by Gasteiger charge is -2.09. The van der Waals surface area contributed by atoms with E-state index in [0.29, 0.717) is 16.8 Å². The summed E-state index contributed by atoms with van der Waals surface area (Å²) >= 11 is 3.29. The van der Waals surface area contributed by atoms with Crippen molar-refractivity contribution in [3.63, 3.8) is 0 Å². The Morgan fingerprint density at radius 3 is 2.47 bits per heavy atom. The normalized spacial score (nSPS) is 11.5. The molecule has 1 aromatic rings. The summed E-state index contributed by atoms with van der Waals surface area (Å²) in [4.78, 5) is 0.0784. The zero-order valence-corrected chi connectivity index (χ0v) is 13.5. The Balaban J connectivity index is 2.47. The van der Waals surface area contributed by atoms with Crippen molar-refractivity contribution in [3.8, 4) is 5.75 Å². The Bertz CT molecular complexity index is 503. The summed E-state index contributed by atoms with van der Waals surface area (Å²) in [5, 5.41) is 5.05. The van der Waals surface area contributed by atoms with Crippen LogP contribution in [0.1, 0.15) is 39.0 Å². The summed E-state index contributed by atoms with van der Waals surface area (Å²) in [5.41, 5.74) is 0. The van der Waals surface area contributed by atoms with Gasteiger partial charge < -0.3 is 4.74 Å². The molecule has 0 aliphatic heterocycles. The standard InChI is InChI=1S/C13H20BrNO3S/c1-2-3-4-5-6-9-18-13-8-7-11(10-12(13)14)19(15,16)17/h7-8,10H,2-6,9H2,1H3,(H2,15,16,17). The van der Waals surface area contributed by atoms with Crippen LogP contribution in [-0.4, -0.2) is 15.0 Å². The summed E-state index contributed by atoms with van der Waals surface area (Å²) in [5.74, 6) is 0.642. The molecule has 1 aromatic carbocycles. The van der Waals surface area contributed by atoms with Crippen molar-refractivity contribution in [3.05, 3.63) is 22.7 Å². The van der Waals surface area contributed by atoms with E-state index in [4.69, 9.17) is 9.88 Å². The van der Waals surface area contributed by atoms with Crippen LogP contribution in [-0.2, 0) is 10.0 Å². The van der Waals surface area contributed by atoms with Crippen LogP contribution in [0.25, 0.3) is 0 Å². The van der Waals surface area contributed by atoms with Gasteiger partial charge in [-0.25, -0.2) is 13.6 Å². The van der Waals surface area contributed by atoms with Crippen molar-refractivity contribution in [2.24, 2.45) is 5.14 Å². The van der Waals surface area contributed by atoms with E-state index in [-0.39, 0.29) is 4.90 Å². The van der Waals surface area contributed by atoms with Gasteiger partial charge >= 0.3 is 0 Å². The molecule has 0 unspecified atom stereocenters. The van der Waals surface area contributed by atoms with Gasteiger partial charge in [0.15, 0.2) is 0 Å². The fourth-order valence-corrected chi connectivity index (χ4v) is 2.85. The van der Waals surface area contributed by atoms with E-state index < -0.39 is 10.0 Å². The van der Waals surface area contributed by atoms with E-state index >= 15 is 0 Å². The molecule has 0 spiro atoms. The Morgan fingerprint density at radius 2 is 1.89 bits per heavy atom. The van der Waals surface area contributed by atoms with Crippen LogP contribution < -0.4 is 9.88 Å². The highest BCUT2D eigenvalue weighted by molar-refractivity contribution is 9.10. The van der Waals surface area contributed by atoms with Gasteiger partial charge in [-0.1, -0.05) is 32.6 Å². The lowest BCUT2D eigenvalue weighted by molar-refractivity contribution is 0.302. The van der Waals surface area contributed by atoms with Gasteiger partial charge in [0.25, 0.3) is 0 Å². The number of sulfonamides is 1. The minimum absolute atomic E-state index is 0.0784. The number of rotatable bonds is 8. The second-order valence-electron chi connectivity index (χ2n) is 4.40. The van der Waals surface area contributed by atoms with E-state index in [9.17, 15) is 8.42 Å². The number of hydrogen-bond acceptors (Lipinski definition) is 3. The number of primary sulfonamides is 1.